The molecule has 1 heterocycles. The Bertz CT molecular complexity index is 645. The van der Waals surface area contributed by atoms with Gasteiger partial charge in [-0.1, -0.05) is 11.6 Å². The van der Waals surface area contributed by atoms with Crippen LogP contribution < -0.4 is 0 Å². The van der Waals surface area contributed by atoms with Crippen LogP contribution in [0.4, 0.5) is 5.69 Å². The average molecular weight is 263 g/mol. The van der Waals surface area contributed by atoms with E-state index < -0.39 is 4.92 Å². The van der Waals surface area contributed by atoms with Crippen LogP contribution in [0.1, 0.15) is 11.4 Å². The topological polar surface area (TPSA) is 84.8 Å². The lowest BCUT2D eigenvalue weighted by Gasteiger charge is -2.05. The summed E-state index contributed by atoms with van der Waals surface area (Å²) in [6.07, 6.45) is 3.07. The number of nitriles is 1. The number of halogens is 1. The largest absolute Gasteiger partial charge is 0.318 e. The molecule has 0 radical (unpaired) electrons. The van der Waals surface area contributed by atoms with Crippen LogP contribution in [0.2, 0.25) is 5.02 Å². The Morgan fingerprint density at radius 3 is 3.00 bits per heavy atom. The van der Waals surface area contributed by atoms with Gasteiger partial charge in [-0.2, -0.15) is 5.26 Å². The molecule has 0 saturated carbocycles. The lowest BCUT2D eigenvalue weighted by atomic mass is 10.2. The highest BCUT2D eigenvalue weighted by molar-refractivity contribution is 6.30. The second-order valence-corrected chi connectivity index (χ2v) is 3.96. The Labute approximate surface area is 107 Å². The van der Waals surface area contributed by atoms with Crippen LogP contribution in [0.3, 0.4) is 0 Å². The maximum atomic E-state index is 10.9. The SMILES string of the molecule is N#Cc1nccn1Cc1ccc(Cl)cc1[N+](=O)[O-]. The van der Waals surface area contributed by atoms with Gasteiger partial charge in [0.2, 0.25) is 5.82 Å². The summed E-state index contributed by atoms with van der Waals surface area (Å²) in [5.74, 6) is 0.208. The fraction of sp³-hybridized carbons (Fsp3) is 0.0909. The number of rotatable bonds is 3. The van der Waals surface area contributed by atoms with Gasteiger partial charge >= 0.3 is 0 Å². The van der Waals surface area contributed by atoms with E-state index in [4.69, 9.17) is 16.9 Å². The van der Waals surface area contributed by atoms with Crippen molar-refractivity contribution in [1.29, 1.82) is 5.26 Å². The van der Waals surface area contributed by atoms with Gasteiger partial charge in [-0.3, -0.25) is 10.1 Å². The zero-order chi connectivity index (χ0) is 13.1. The monoisotopic (exact) mass is 262 g/mol. The molecule has 2 aromatic rings. The second-order valence-electron chi connectivity index (χ2n) is 3.52. The molecule has 0 aliphatic rings. The highest BCUT2D eigenvalue weighted by atomic mass is 35.5. The van der Waals surface area contributed by atoms with E-state index in [-0.39, 0.29) is 18.1 Å². The van der Waals surface area contributed by atoms with Crippen molar-refractivity contribution in [3.63, 3.8) is 0 Å². The molecule has 90 valence electrons. The van der Waals surface area contributed by atoms with Gasteiger partial charge in [-0.05, 0) is 12.1 Å². The van der Waals surface area contributed by atoms with Gasteiger partial charge in [0.1, 0.15) is 6.07 Å². The Balaban J connectivity index is 2.41. The molecule has 2 rings (SSSR count). The van der Waals surface area contributed by atoms with Gasteiger partial charge in [0.15, 0.2) is 0 Å². The summed E-state index contributed by atoms with van der Waals surface area (Å²) in [6, 6.07) is 6.35. The predicted octanol–water partition coefficient (Wildman–Crippen LogP) is 2.36. The molecule has 0 bridgehead atoms. The van der Waals surface area contributed by atoms with Crippen molar-refractivity contribution in [3.05, 3.63) is 57.1 Å². The number of imidazole rings is 1. The number of nitro benzene ring substituents is 1. The summed E-state index contributed by atoms with van der Waals surface area (Å²) < 4.78 is 1.54. The van der Waals surface area contributed by atoms with Gasteiger partial charge < -0.3 is 4.57 Å². The molecular weight excluding hydrogens is 256 g/mol. The third kappa shape index (κ3) is 2.31. The summed E-state index contributed by atoms with van der Waals surface area (Å²) in [5.41, 5.74) is 0.402. The maximum Gasteiger partial charge on any atom is 0.275 e. The number of aromatic nitrogens is 2. The fourth-order valence-electron chi connectivity index (χ4n) is 1.57. The van der Waals surface area contributed by atoms with Crippen molar-refractivity contribution in [2.45, 2.75) is 6.54 Å². The van der Waals surface area contributed by atoms with E-state index in [0.29, 0.717) is 10.6 Å². The zero-order valence-corrected chi connectivity index (χ0v) is 9.83. The van der Waals surface area contributed by atoms with E-state index in [2.05, 4.69) is 4.98 Å². The molecule has 0 atom stereocenters. The Morgan fingerprint density at radius 1 is 1.56 bits per heavy atom. The summed E-state index contributed by atoms with van der Waals surface area (Å²) in [5, 5.41) is 20.0. The first-order valence-corrected chi connectivity index (χ1v) is 5.33. The van der Waals surface area contributed by atoms with Crippen LogP contribution in [0.15, 0.2) is 30.6 Å². The van der Waals surface area contributed by atoms with E-state index in [0.717, 1.165) is 0 Å². The number of benzene rings is 1. The van der Waals surface area contributed by atoms with E-state index in [1.165, 1.54) is 16.8 Å². The fourth-order valence-corrected chi connectivity index (χ4v) is 1.74. The van der Waals surface area contributed by atoms with Crippen molar-refractivity contribution < 1.29 is 4.92 Å². The number of nitrogens with zero attached hydrogens (tertiary/aromatic N) is 4. The zero-order valence-electron chi connectivity index (χ0n) is 9.08. The lowest BCUT2D eigenvalue weighted by Crippen LogP contribution is -2.04. The van der Waals surface area contributed by atoms with Crippen molar-refractivity contribution >= 4 is 17.3 Å². The van der Waals surface area contributed by atoms with E-state index >= 15 is 0 Å². The molecule has 18 heavy (non-hydrogen) atoms. The lowest BCUT2D eigenvalue weighted by molar-refractivity contribution is -0.385. The number of hydrogen-bond donors (Lipinski definition) is 0. The van der Waals surface area contributed by atoms with E-state index in [1.54, 1.807) is 18.3 Å². The molecule has 0 spiro atoms. The summed E-state index contributed by atoms with van der Waals surface area (Å²) in [6.45, 7) is 0.205. The first kappa shape index (κ1) is 12.1. The van der Waals surface area contributed by atoms with Gasteiger partial charge in [-0.25, -0.2) is 4.98 Å². The third-order valence-corrected chi connectivity index (χ3v) is 2.64. The van der Waals surface area contributed by atoms with Crippen LogP contribution in [0.5, 0.6) is 0 Å². The molecule has 7 heteroatoms. The molecule has 0 unspecified atom stereocenters. The Morgan fingerprint density at radius 2 is 2.33 bits per heavy atom. The van der Waals surface area contributed by atoms with Crippen LogP contribution >= 0.6 is 11.6 Å². The number of hydrogen-bond acceptors (Lipinski definition) is 4. The van der Waals surface area contributed by atoms with Crippen LogP contribution in [-0.2, 0) is 6.54 Å². The first-order valence-electron chi connectivity index (χ1n) is 4.96. The summed E-state index contributed by atoms with van der Waals surface area (Å²) in [4.78, 5) is 14.2. The van der Waals surface area contributed by atoms with Crippen LogP contribution in [0, 0.1) is 21.4 Å². The van der Waals surface area contributed by atoms with Crippen LogP contribution in [-0.4, -0.2) is 14.5 Å². The van der Waals surface area contributed by atoms with Crippen molar-refractivity contribution in [2.75, 3.05) is 0 Å². The second kappa shape index (κ2) is 4.85. The van der Waals surface area contributed by atoms with Crippen molar-refractivity contribution in [2.24, 2.45) is 0 Å². The Hall–Kier alpha value is -2.39. The van der Waals surface area contributed by atoms with E-state index in [1.807, 2.05) is 6.07 Å². The van der Waals surface area contributed by atoms with Gasteiger partial charge in [0, 0.05) is 29.0 Å². The highest BCUT2D eigenvalue weighted by Crippen LogP contribution is 2.24. The molecule has 1 aromatic heterocycles. The standard InChI is InChI=1S/C11H7ClN4O2/c12-9-2-1-8(10(5-9)16(17)18)7-15-4-3-14-11(15)6-13/h1-5H,7H2. The molecule has 0 N–H and O–H groups in total. The molecule has 0 saturated heterocycles. The van der Waals surface area contributed by atoms with Gasteiger partial charge in [-0.15, -0.1) is 0 Å². The highest BCUT2D eigenvalue weighted by Gasteiger charge is 2.15. The average Bonchev–Trinajstić information content (AvgIpc) is 2.78. The quantitative estimate of drug-likeness (QED) is 0.628. The van der Waals surface area contributed by atoms with Gasteiger partial charge in [0.25, 0.3) is 5.69 Å². The molecule has 1 aromatic carbocycles. The minimum atomic E-state index is -0.496. The molecule has 6 nitrogen and oxygen atoms in total. The van der Waals surface area contributed by atoms with Crippen molar-refractivity contribution in [1.82, 2.24) is 9.55 Å². The van der Waals surface area contributed by atoms with Gasteiger partial charge in [0.05, 0.1) is 11.5 Å². The van der Waals surface area contributed by atoms with Crippen molar-refractivity contribution in [3.8, 4) is 6.07 Å². The third-order valence-electron chi connectivity index (χ3n) is 2.40. The summed E-state index contributed by atoms with van der Waals surface area (Å²) in [7, 11) is 0. The minimum Gasteiger partial charge on any atom is -0.318 e. The predicted molar refractivity (Wildman–Crippen MR) is 64.2 cm³/mol. The Kier molecular flexibility index (Phi) is 3.26. The molecule has 0 fully saturated rings. The maximum absolute atomic E-state index is 10.9. The molecule has 0 aliphatic heterocycles. The smallest absolute Gasteiger partial charge is 0.275 e. The molecular formula is C11H7ClN4O2. The van der Waals surface area contributed by atoms with E-state index in [9.17, 15) is 10.1 Å². The van der Waals surface area contributed by atoms with Crippen LogP contribution in [0.25, 0.3) is 0 Å². The number of nitro groups is 1. The molecule has 0 amide bonds. The summed E-state index contributed by atoms with van der Waals surface area (Å²) >= 11 is 5.73. The first-order chi connectivity index (χ1) is 8.61. The molecule has 0 aliphatic carbocycles. The minimum absolute atomic E-state index is 0.0694. The normalized spacial score (nSPS) is 10.0.